The van der Waals surface area contributed by atoms with Crippen LogP contribution in [0.2, 0.25) is 0 Å². The molecule has 0 spiro atoms. The van der Waals surface area contributed by atoms with Gasteiger partial charge in [-0.25, -0.2) is 0 Å². The van der Waals surface area contributed by atoms with Crippen molar-refractivity contribution in [1.82, 2.24) is 9.99 Å². The number of methoxy groups -OCH3 is 1. The normalized spacial score (nSPS) is 21.7. The second-order valence-corrected chi connectivity index (χ2v) is 5.50. The minimum absolute atomic E-state index is 0.0149. The van der Waals surface area contributed by atoms with Crippen LogP contribution in [-0.2, 0) is 9.53 Å². The maximum Gasteiger partial charge on any atom is 0.308 e. The maximum atomic E-state index is 11.8. The molecule has 1 unspecified atom stereocenters. The van der Waals surface area contributed by atoms with Crippen molar-refractivity contribution in [2.45, 2.75) is 25.7 Å². The summed E-state index contributed by atoms with van der Waals surface area (Å²) in [5.41, 5.74) is 4.68. The smallest absolute Gasteiger partial charge is 0.308 e. The Morgan fingerprint density at radius 2 is 2.14 bits per heavy atom. The molecule has 0 radical (unpaired) electrons. The number of aromatic nitrogens is 1. The van der Waals surface area contributed by atoms with Crippen LogP contribution in [0.15, 0.2) is 40.9 Å². The highest BCUT2D eigenvalue weighted by atomic mass is 16.5. The molecule has 3 rings (SSSR count). The first-order valence-electron chi connectivity index (χ1n) is 7.19. The number of pyridine rings is 1. The molecule has 2 heterocycles. The molecule has 110 valence electrons. The first-order chi connectivity index (χ1) is 10.2. The third-order valence-corrected chi connectivity index (χ3v) is 4.22. The third-order valence-electron chi connectivity index (χ3n) is 4.22. The van der Waals surface area contributed by atoms with E-state index in [0.717, 1.165) is 37.0 Å². The van der Waals surface area contributed by atoms with Gasteiger partial charge in [0.1, 0.15) is 0 Å². The molecule has 1 aromatic heterocycles. The van der Waals surface area contributed by atoms with Gasteiger partial charge in [-0.3, -0.25) is 14.8 Å². The second kappa shape index (κ2) is 5.68. The number of esters is 1. The first-order valence-corrected chi connectivity index (χ1v) is 7.19. The van der Waals surface area contributed by atoms with Gasteiger partial charge in [0.05, 0.1) is 18.7 Å². The van der Waals surface area contributed by atoms with E-state index in [9.17, 15) is 4.79 Å². The minimum Gasteiger partial charge on any atom is -0.469 e. The molecule has 0 aromatic carbocycles. The lowest BCUT2D eigenvalue weighted by Crippen LogP contribution is -2.29. The lowest BCUT2D eigenvalue weighted by atomic mass is 9.83. The van der Waals surface area contributed by atoms with E-state index < -0.39 is 0 Å². The molecule has 0 fully saturated rings. The monoisotopic (exact) mass is 285 g/mol. The number of hydrazone groups is 1. The quantitative estimate of drug-likeness (QED) is 0.783. The molecule has 1 aromatic rings. The van der Waals surface area contributed by atoms with Gasteiger partial charge < -0.3 is 4.74 Å². The Kier molecular flexibility index (Phi) is 3.73. The number of hydrogen-bond acceptors (Lipinski definition) is 5. The number of rotatable bonds is 2. The van der Waals surface area contributed by atoms with Crippen molar-refractivity contribution in [2.24, 2.45) is 11.0 Å². The molecule has 21 heavy (non-hydrogen) atoms. The molecular weight excluding hydrogens is 266 g/mol. The summed E-state index contributed by atoms with van der Waals surface area (Å²) < 4.78 is 4.89. The molecule has 1 aliphatic carbocycles. The zero-order valence-electron chi connectivity index (χ0n) is 12.4. The third kappa shape index (κ3) is 2.68. The zero-order valence-corrected chi connectivity index (χ0v) is 12.4. The van der Waals surface area contributed by atoms with E-state index >= 15 is 0 Å². The fourth-order valence-electron chi connectivity index (χ4n) is 3.12. The van der Waals surface area contributed by atoms with Crippen LogP contribution in [0.1, 0.15) is 31.2 Å². The fraction of sp³-hybridized carbons (Fsp3) is 0.438. The summed E-state index contributed by atoms with van der Waals surface area (Å²) in [4.78, 5) is 15.8. The lowest BCUT2D eigenvalue weighted by Gasteiger charge is -2.33. The fourth-order valence-corrected chi connectivity index (χ4v) is 3.12. The maximum absolute atomic E-state index is 11.8. The molecular formula is C16H19N3O2. The second-order valence-electron chi connectivity index (χ2n) is 5.50. The Bertz CT molecular complexity index is 607. The number of allylic oxidation sites excluding steroid dienone is 2. The number of carbonyl (C=O) groups is 1. The zero-order chi connectivity index (χ0) is 14.8. The van der Waals surface area contributed by atoms with Crippen LogP contribution < -0.4 is 0 Å². The molecule has 0 amide bonds. The summed E-state index contributed by atoms with van der Waals surface area (Å²) in [6, 6.07) is 3.94. The van der Waals surface area contributed by atoms with Gasteiger partial charge in [0.25, 0.3) is 0 Å². The van der Waals surface area contributed by atoms with E-state index in [1.54, 1.807) is 12.4 Å². The average molecular weight is 285 g/mol. The van der Waals surface area contributed by atoms with Crippen molar-refractivity contribution in [3.63, 3.8) is 0 Å². The van der Waals surface area contributed by atoms with Crippen molar-refractivity contribution >= 4 is 11.7 Å². The van der Waals surface area contributed by atoms with Crippen molar-refractivity contribution < 1.29 is 9.53 Å². The van der Waals surface area contributed by atoms with Crippen molar-refractivity contribution in [1.29, 1.82) is 0 Å². The molecule has 0 bridgehead atoms. The summed E-state index contributed by atoms with van der Waals surface area (Å²) in [5, 5.41) is 6.64. The first kappa shape index (κ1) is 13.8. The number of ether oxygens (including phenoxy) is 1. The van der Waals surface area contributed by atoms with E-state index in [1.807, 2.05) is 24.2 Å². The van der Waals surface area contributed by atoms with Gasteiger partial charge in [-0.05, 0) is 37.0 Å². The highest BCUT2D eigenvalue weighted by molar-refractivity contribution is 6.02. The van der Waals surface area contributed by atoms with E-state index in [1.165, 1.54) is 18.4 Å². The lowest BCUT2D eigenvalue weighted by molar-refractivity contribution is -0.145. The van der Waals surface area contributed by atoms with Crippen LogP contribution in [0.4, 0.5) is 0 Å². The van der Waals surface area contributed by atoms with Gasteiger partial charge in [-0.2, -0.15) is 5.10 Å². The number of hydrogen-bond donors (Lipinski definition) is 0. The van der Waals surface area contributed by atoms with Gasteiger partial charge >= 0.3 is 5.97 Å². The predicted molar refractivity (Wildman–Crippen MR) is 79.5 cm³/mol. The van der Waals surface area contributed by atoms with Crippen LogP contribution in [0.25, 0.3) is 0 Å². The van der Waals surface area contributed by atoms with Crippen molar-refractivity contribution in [3.05, 3.63) is 41.4 Å². The standard InChI is InChI=1S/C16H19N3O2/c1-19-15-4-3-12(16(20)21-2)9-13(15)10-14(18-19)11-5-7-17-8-6-11/h5-8,12H,3-4,9-10H2,1-2H3. The average Bonchev–Trinajstić information content (AvgIpc) is 2.54. The van der Waals surface area contributed by atoms with E-state index in [4.69, 9.17) is 4.74 Å². The summed E-state index contributed by atoms with van der Waals surface area (Å²) >= 11 is 0. The summed E-state index contributed by atoms with van der Waals surface area (Å²) in [5.74, 6) is -0.115. The van der Waals surface area contributed by atoms with Crippen molar-refractivity contribution in [2.75, 3.05) is 14.2 Å². The Morgan fingerprint density at radius 3 is 2.86 bits per heavy atom. The molecule has 2 aliphatic rings. The van der Waals surface area contributed by atoms with Crippen LogP contribution in [0.5, 0.6) is 0 Å². The molecule has 1 atom stereocenters. The molecule has 5 heteroatoms. The topological polar surface area (TPSA) is 54.8 Å². The van der Waals surface area contributed by atoms with Gasteiger partial charge in [-0.1, -0.05) is 0 Å². The largest absolute Gasteiger partial charge is 0.469 e. The minimum atomic E-state index is -0.0998. The number of nitrogens with zero attached hydrogens (tertiary/aromatic N) is 3. The summed E-state index contributed by atoms with van der Waals surface area (Å²) in [7, 11) is 3.44. The van der Waals surface area contributed by atoms with Gasteiger partial charge in [-0.15, -0.1) is 0 Å². The van der Waals surface area contributed by atoms with Crippen LogP contribution >= 0.6 is 0 Å². The molecule has 0 N–H and O–H groups in total. The number of carbonyl (C=O) groups excluding carboxylic acids is 1. The van der Waals surface area contributed by atoms with Crippen LogP contribution in [0, 0.1) is 5.92 Å². The van der Waals surface area contributed by atoms with Crippen molar-refractivity contribution in [3.8, 4) is 0 Å². The Balaban J connectivity index is 1.83. The molecule has 0 saturated heterocycles. The summed E-state index contributed by atoms with van der Waals surface area (Å²) in [6.07, 6.45) is 6.86. The van der Waals surface area contributed by atoms with Gasteiger partial charge in [0.15, 0.2) is 0 Å². The highest BCUT2D eigenvalue weighted by Crippen LogP contribution is 2.36. The van der Waals surface area contributed by atoms with Crippen LogP contribution in [0.3, 0.4) is 0 Å². The Hall–Kier alpha value is -2.17. The van der Waals surface area contributed by atoms with E-state index in [-0.39, 0.29) is 11.9 Å². The predicted octanol–water partition coefficient (Wildman–Crippen LogP) is 2.35. The van der Waals surface area contributed by atoms with Gasteiger partial charge in [0.2, 0.25) is 0 Å². The Morgan fingerprint density at radius 1 is 1.38 bits per heavy atom. The summed E-state index contributed by atoms with van der Waals surface area (Å²) in [6.45, 7) is 0. The molecule has 1 aliphatic heterocycles. The highest BCUT2D eigenvalue weighted by Gasteiger charge is 2.31. The Labute approximate surface area is 124 Å². The molecule has 0 saturated carbocycles. The molecule has 5 nitrogen and oxygen atoms in total. The van der Waals surface area contributed by atoms with E-state index in [0.29, 0.717) is 0 Å². The van der Waals surface area contributed by atoms with E-state index in [2.05, 4.69) is 10.1 Å². The SMILES string of the molecule is COC(=O)C1CCC2=C(CC(c3ccncc3)=NN2C)C1. The van der Waals surface area contributed by atoms with Crippen LogP contribution in [-0.4, -0.2) is 35.8 Å². The van der Waals surface area contributed by atoms with Gasteiger partial charge in [0, 0.05) is 37.1 Å².